The molecule has 0 aliphatic carbocycles. The Morgan fingerprint density at radius 2 is 1.58 bits per heavy atom. The lowest BCUT2D eigenvalue weighted by Gasteiger charge is -2.01. The van der Waals surface area contributed by atoms with E-state index < -0.39 is 0 Å². The Morgan fingerprint density at radius 1 is 1.00 bits per heavy atom. The van der Waals surface area contributed by atoms with E-state index in [4.69, 9.17) is 10.5 Å². The molecule has 0 aliphatic heterocycles. The van der Waals surface area contributed by atoms with E-state index >= 15 is 0 Å². The van der Waals surface area contributed by atoms with Crippen LogP contribution in [-0.2, 0) is 0 Å². The Balaban J connectivity index is 0.000000550. The zero-order valence-electron chi connectivity index (χ0n) is 11.0. The molecule has 0 saturated carbocycles. The first-order chi connectivity index (χ1) is 9.26. The molecule has 0 bridgehead atoms. The van der Waals surface area contributed by atoms with Crippen LogP contribution >= 0.6 is 0 Å². The van der Waals surface area contributed by atoms with Crippen molar-refractivity contribution in [3.8, 4) is 12.1 Å². The average molecular weight is 249 g/mol. The molecule has 0 heterocycles. The summed E-state index contributed by atoms with van der Waals surface area (Å²) in [5.41, 5.74) is 1.02. The molecule has 0 aliphatic rings. The molecule has 0 fully saturated rings. The Hall–Kier alpha value is -2.62. The predicted molar refractivity (Wildman–Crippen MR) is 78.1 cm³/mol. The fourth-order valence-corrected chi connectivity index (χ4v) is 1.62. The van der Waals surface area contributed by atoms with E-state index in [1.807, 2.05) is 68.7 Å². The number of fused-ring (bicyclic) bond motifs is 1. The molecule has 0 aromatic heterocycles. The van der Waals surface area contributed by atoms with E-state index in [2.05, 4.69) is 5.32 Å². The highest BCUT2D eigenvalue weighted by Gasteiger charge is 1.99. The standard InChI is InChI=1S/C14H8N2.C2H7N/c15-9-11(10-16)8-13-6-3-5-12-4-1-2-7-14(12)13;1-3-2/h1-8H;3H,1-2H3. The number of nitrogens with zero attached hydrogens (tertiary/aromatic N) is 2. The Bertz CT molecular complexity index is 636. The predicted octanol–water partition coefficient (Wildman–Crippen LogP) is 3.11. The first kappa shape index (κ1) is 14.4. The van der Waals surface area contributed by atoms with Crippen LogP contribution in [0.4, 0.5) is 0 Å². The largest absolute Gasteiger partial charge is 0.323 e. The molecule has 3 nitrogen and oxygen atoms in total. The Morgan fingerprint density at radius 3 is 2.21 bits per heavy atom. The van der Waals surface area contributed by atoms with Crippen molar-refractivity contribution in [2.75, 3.05) is 14.1 Å². The third kappa shape index (κ3) is 3.96. The molecule has 0 radical (unpaired) electrons. The van der Waals surface area contributed by atoms with Crippen LogP contribution in [-0.4, -0.2) is 14.1 Å². The molecule has 0 atom stereocenters. The maximum absolute atomic E-state index is 8.72. The van der Waals surface area contributed by atoms with Gasteiger partial charge in [0.1, 0.15) is 17.7 Å². The smallest absolute Gasteiger partial charge is 0.130 e. The van der Waals surface area contributed by atoms with Crippen molar-refractivity contribution in [3.05, 3.63) is 53.6 Å². The van der Waals surface area contributed by atoms with Gasteiger partial charge in [0, 0.05) is 0 Å². The molecule has 2 aromatic rings. The van der Waals surface area contributed by atoms with Crippen LogP contribution < -0.4 is 5.32 Å². The summed E-state index contributed by atoms with van der Waals surface area (Å²) >= 11 is 0. The first-order valence-corrected chi connectivity index (χ1v) is 5.85. The van der Waals surface area contributed by atoms with Crippen molar-refractivity contribution >= 4 is 16.8 Å². The summed E-state index contributed by atoms with van der Waals surface area (Å²) in [4.78, 5) is 0. The minimum absolute atomic E-state index is 0.122. The molecular weight excluding hydrogens is 234 g/mol. The number of allylic oxidation sites excluding steroid dienone is 1. The molecule has 0 spiro atoms. The van der Waals surface area contributed by atoms with Gasteiger partial charge >= 0.3 is 0 Å². The summed E-state index contributed by atoms with van der Waals surface area (Å²) in [5, 5.41) is 22.3. The van der Waals surface area contributed by atoms with Crippen molar-refractivity contribution in [2.45, 2.75) is 0 Å². The second kappa shape index (κ2) is 7.66. The molecule has 0 unspecified atom stereocenters. The number of nitriles is 2. The monoisotopic (exact) mass is 249 g/mol. The van der Waals surface area contributed by atoms with Gasteiger partial charge in [0.2, 0.25) is 0 Å². The minimum Gasteiger partial charge on any atom is -0.323 e. The van der Waals surface area contributed by atoms with Crippen LogP contribution in [0.15, 0.2) is 48.0 Å². The normalized spacial score (nSPS) is 8.63. The van der Waals surface area contributed by atoms with Crippen molar-refractivity contribution < 1.29 is 0 Å². The second-order valence-electron chi connectivity index (χ2n) is 3.85. The van der Waals surface area contributed by atoms with Gasteiger partial charge in [-0.3, -0.25) is 0 Å². The van der Waals surface area contributed by atoms with E-state index in [0.717, 1.165) is 16.3 Å². The fraction of sp³-hybridized carbons (Fsp3) is 0.125. The van der Waals surface area contributed by atoms with Crippen molar-refractivity contribution in [2.24, 2.45) is 0 Å². The molecule has 3 heteroatoms. The summed E-state index contributed by atoms with van der Waals surface area (Å²) in [6, 6.07) is 17.4. The highest BCUT2D eigenvalue weighted by molar-refractivity contribution is 5.91. The van der Waals surface area contributed by atoms with Crippen LogP contribution in [0, 0.1) is 22.7 Å². The topological polar surface area (TPSA) is 59.6 Å². The van der Waals surface area contributed by atoms with Crippen LogP contribution in [0.25, 0.3) is 16.8 Å². The van der Waals surface area contributed by atoms with Crippen LogP contribution in [0.2, 0.25) is 0 Å². The molecule has 2 rings (SSSR count). The quantitative estimate of drug-likeness (QED) is 0.790. The van der Waals surface area contributed by atoms with Crippen LogP contribution in [0.3, 0.4) is 0 Å². The fourth-order valence-electron chi connectivity index (χ4n) is 1.62. The summed E-state index contributed by atoms with van der Waals surface area (Å²) < 4.78 is 0. The van der Waals surface area contributed by atoms with E-state index in [1.165, 1.54) is 0 Å². The lowest BCUT2D eigenvalue weighted by Crippen LogP contribution is -1.89. The number of rotatable bonds is 1. The Labute approximate surface area is 113 Å². The van der Waals surface area contributed by atoms with E-state index in [9.17, 15) is 0 Å². The lowest BCUT2D eigenvalue weighted by molar-refractivity contribution is 1.02. The molecule has 1 N–H and O–H groups in total. The van der Waals surface area contributed by atoms with Crippen LogP contribution in [0.1, 0.15) is 5.56 Å². The minimum atomic E-state index is 0.122. The van der Waals surface area contributed by atoms with Crippen LogP contribution in [0.5, 0.6) is 0 Å². The molecule has 94 valence electrons. The first-order valence-electron chi connectivity index (χ1n) is 5.85. The lowest BCUT2D eigenvalue weighted by atomic mass is 10.0. The van der Waals surface area contributed by atoms with Gasteiger partial charge in [0.25, 0.3) is 0 Å². The number of benzene rings is 2. The highest BCUT2D eigenvalue weighted by Crippen LogP contribution is 2.20. The zero-order chi connectivity index (χ0) is 14.1. The van der Waals surface area contributed by atoms with Gasteiger partial charge in [-0.25, -0.2) is 0 Å². The van der Waals surface area contributed by atoms with Gasteiger partial charge in [0.05, 0.1) is 0 Å². The molecule has 0 amide bonds. The van der Waals surface area contributed by atoms with Gasteiger partial charge in [0.15, 0.2) is 0 Å². The van der Waals surface area contributed by atoms with E-state index in [0.29, 0.717) is 0 Å². The maximum Gasteiger partial charge on any atom is 0.130 e. The van der Waals surface area contributed by atoms with Gasteiger partial charge in [-0.05, 0) is 36.5 Å². The summed E-state index contributed by atoms with van der Waals surface area (Å²) in [5.74, 6) is 0. The average Bonchev–Trinajstić information content (AvgIpc) is 2.45. The maximum atomic E-state index is 8.72. The Kier molecular flexibility index (Phi) is 5.82. The van der Waals surface area contributed by atoms with E-state index in [1.54, 1.807) is 6.08 Å². The van der Waals surface area contributed by atoms with Crippen molar-refractivity contribution in [1.82, 2.24) is 5.32 Å². The summed E-state index contributed by atoms with van der Waals surface area (Å²) in [6.45, 7) is 0. The van der Waals surface area contributed by atoms with E-state index in [-0.39, 0.29) is 5.57 Å². The number of hydrogen-bond acceptors (Lipinski definition) is 3. The molecule has 19 heavy (non-hydrogen) atoms. The van der Waals surface area contributed by atoms with Gasteiger partial charge in [-0.2, -0.15) is 10.5 Å². The van der Waals surface area contributed by atoms with Crippen molar-refractivity contribution in [1.29, 1.82) is 10.5 Å². The number of nitrogens with one attached hydrogen (secondary N) is 1. The third-order valence-electron chi connectivity index (χ3n) is 2.36. The molecule has 0 saturated heterocycles. The molecular formula is C16H15N3. The third-order valence-corrected chi connectivity index (χ3v) is 2.36. The van der Waals surface area contributed by atoms with Gasteiger partial charge in [-0.1, -0.05) is 42.5 Å². The number of hydrogen-bond donors (Lipinski definition) is 1. The zero-order valence-corrected chi connectivity index (χ0v) is 11.0. The van der Waals surface area contributed by atoms with Gasteiger partial charge < -0.3 is 5.32 Å². The van der Waals surface area contributed by atoms with Crippen molar-refractivity contribution in [3.63, 3.8) is 0 Å². The molecule has 2 aromatic carbocycles. The SMILES string of the molecule is CNC.N#CC(C#N)=Cc1cccc2ccccc12. The highest BCUT2D eigenvalue weighted by atomic mass is 14.7. The van der Waals surface area contributed by atoms with Gasteiger partial charge in [-0.15, -0.1) is 0 Å². The summed E-state index contributed by atoms with van der Waals surface area (Å²) in [7, 11) is 3.75. The second-order valence-corrected chi connectivity index (χ2v) is 3.85. The summed E-state index contributed by atoms with van der Waals surface area (Å²) in [6.07, 6.45) is 1.61.